The Morgan fingerprint density at radius 3 is 2.38 bits per heavy atom. The van der Waals surface area contributed by atoms with Crippen molar-refractivity contribution >= 4 is 11.7 Å². The molecular weight excluding hydrogens is 403 g/mol. The summed E-state index contributed by atoms with van der Waals surface area (Å²) in [6.07, 6.45) is 3.19. The molecule has 2 heterocycles. The number of hydrogen-bond acceptors (Lipinski definition) is 4. The Morgan fingerprint density at radius 1 is 1.00 bits per heavy atom. The first kappa shape index (κ1) is 22.0. The van der Waals surface area contributed by atoms with Crippen LogP contribution in [0.5, 0.6) is 0 Å². The molecule has 1 amide bonds. The van der Waals surface area contributed by atoms with Gasteiger partial charge in [-0.15, -0.1) is 0 Å². The van der Waals surface area contributed by atoms with Crippen molar-refractivity contribution in [2.75, 3.05) is 25.4 Å². The molecule has 0 atom stereocenters. The predicted molar refractivity (Wildman–Crippen MR) is 125 cm³/mol. The van der Waals surface area contributed by atoms with Crippen LogP contribution in [0.4, 0.5) is 10.2 Å². The Labute approximate surface area is 188 Å². The van der Waals surface area contributed by atoms with Crippen molar-refractivity contribution < 1.29 is 9.18 Å². The van der Waals surface area contributed by atoms with E-state index < -0.39 is 0 Å². The highest BCUT2D eigenvalue weighted by Crippen LogP contribution is 2.19. The lowest BCUT2D eigenvalue weighted by Crippen LogP contribution is -2.45. The number of likely N-dealkylation sites (tertiary alicyclic amines) is 1. The number of rotatable bonds is 7. The summed E-state index contributed by atoms with van der Waals surface area (Å²) in [5.41, 5.74) is 9.87. The summed E-state index contributed by atoms with van der Waals surface area (Å²) in [6.45, 7) is 2.96. The Hall–Kier alpha value is -3.25. The van der Waals surface area contributed by atoms with Crippen LogP contribution in [0.15, 0.2) is 66.7 Å². The van der Waals surface area contributed by atoms with Crippen molar-refractivity contribution in [3.05, 3.63) is 83.7 Å². The number of pyridine rings is 1. The zero-order chi connectivity index (χ0) is 22.3. The summed E-state index contributed by atoms with van der Waals surface area (Å²) in [5.74, 6) is 0.252. The van der Waals surface area contributed by atoms with E-state index in [9.17, 15) is 9.18 Å². The Morgan fingerprint density at radius 2 is 1.69 bits per heavy atom. The normalized spacial score (nSPS) is 14.9. The summed E-state index contributed by atoms with van der Waals surface area (Å²) >= 11 is 0. The van der Waals surface area contributed by atoms with E-state index in [4.69, 9.17) is 5.73 Å². The van der Waals surface area contributed by atoms with Crippen molar-refractivity contribution in [2.45, 2.75) is 31.7 Å². The van der Waals surface area contributed by atoms with Crippen molar-refractivity contribution in [3.8, 4) is 11.3 Å². The summed E-state index contributed by atoms with van der Waals surface area (Å²) in [7, 11) is 0. The van der Waals surface area contributed by atoms with Crippen LogP contribution in [0.1, 0.15) is 24.0 Å². The van der Waals surface area contributed by atoms with Crippen molar-refractivity contribution in [1.82, 2.24) is 15.2 Å². The van der Waals surface area contributed by atoms with Gasteiger partial charge in [-0.2, -0.15) is 0 Å². The number of carbonyl (C=O) groups excluding carboxylic acids is 1. The minimum absolute atomic E-state index is 0.00445. The number of nitrogen functional groups attached to an aromatic ring is 1. The summed E-state index contributed by atoms with van der Waals surface area (Å²) in [6, 6.07) is 20.5. The number of piperidine rings is 1. The topological polar surface area (TPSA) is 71.2 Å². The minimum Gasteiger partial charge on any atom is -0.384 e. The van der Waals surface area contributed by atoms with E-state index in [1.165, 1.54) is 17.7 Å². The molecular formula is C26H29FN4O. The van der Waals surface area contributed by atoms with E-state index in [0.717, 1.165) is 55.7 Å². The first-order valence-corrected chi connectivity index (χ1v) is 11.1. The molecule has 0 bridgehead atoms. The molecule has 1 aromatic heterocycles. The number of nitrogens with zero attached hydrogens (tertiary/aromatic N) is 2. The third kappa shape index (κ3) is 6.14. The van der Waals surface area contributed by atoms with Crippen LogP contribution in [0.25, 0.3) is 11.3 Å². The smallest absolute Gasteiger partial charge is 0.224 e. The first-order chi connectivity index (χ1) is 15.5. The van der Waals surface area contributed by atoms with Gasteiger partial charge in [0.15, 0.2) is 0 Å². The number of hydrogen-bond donors (Lipinski definition) is 2. The standard InChI is InChI=1S/C26H29FN4O/c27-22-10-6-20(7-11-22)18-26(32)29-23-13-16-31(17-14-23)15-12-19-4-8-21(9-5-19)24-2-1-3-25(28)30-24/h1-11,23H,12-18H2,(H2,28,30)(H,29,32). The number of anilines is 1. The van der Waals surface area contributed by atoms with Gasteiger partial charge >= 0.3 is 0 Å². The quantitative estimate of drug-likeness (QED) is 0.595. The molecule has 0 spiro atoms. The highest BCUT2D eigenvalue weighted by Gasteiger charge is 2.20. The molecule has 5 nitrogen and oxygen atoms in total. The average molecular weight is 433 g/mol. The number of nitrogens with one attached hydrogen (secondary N) is 1. The molecule has 0 radical (unpaired) electrons. The maximum atomic E-state index is 13.0. The van der Waals surface area contributed by atoms with Gasteiger partial charge in [0.1, 0.15) is 11.6 Å². The molecule has 1 fully saturated rings. The summed E-state index contributed by atoms with van der Waals surface area (Å²) in [5, 5.41) is 3.13. The van der Waals surface area contributed by atoms with E-state index in [2.05, 4.69) is 39.5 Å². The summed E-state index contributed by atoms with van der Waals surface area (Å²) in [4.78, 5) is 19.1. The molecule has 6 heteroatoms. The number of nitrogens with two attached hydrogens (primary N) is 1. The van der Waals surface area contributed by atoms with E-state index in [-0.39, 0.29) is 17.8 Å². The van der Waals surface area contributed by atoms with E-state index in [1.807, 2.05) is 12.1 Å². The molecule has 2 aromatic carbocycles. The number of aromatic nitrogens is 1. The first-order valence-electron chi connectivity index (χ1n) is 11.1. The molecule has 32 heavy (non-hydrogen) atoms. The Balaban J connectivity index is 1.19. The zero-order valence-electron chi connectivity index (χ0n) is 18.1. The number of benzene rings is 2. The molecule has 3 N–H and O–H groups in total. The number of halogens is 1. The molecule has 1 aliphatic heterocycles. The fourth-order valence-electron chi connectivity index (χ4n) is 4.11. The van der Waals surface area contributed by atoms with Crippen LogP contribution in [-0.4, -0.2) is 41.5 Å². The Kier molecular flexibility index (Phi) is 7.12. The van der Waals surface area contributed by atoms with Crippen LogP contribution >= 0.6 is 0 Å². The van der Waals surface area contributed by atoms with Crippen LogP contribution in [0, 0.1) is 5.82 Å². The molecule has 0 saturated carbocycles. The molecule has 166 valence electrons. The second kappa shape index (κ2) is 10.4. The van der Waals surface area contributed by atoms with Gasteiger partial charge in [0, 0.05) is 31.2 Å². The lowest BCUT2D eigenvalue weighted by molar-refractivity contribution is -0.121. The second-order valence-electron chi connectivity index (χ2n) is 8.38. The lowest BCUT2D eigenvalue weighted by atomic mass is 10.0. The number of amides is 1. The van der Waals surface area contributed by atoms with Gasteiger partial charge in [-0.3, -0.25) is 4.79 Å². The number of carbonyl (C=O) groups is 1. The summed E-state index contributed by atoms with van der Waals surface area (Å²) < 4.78 is 13.0. The molecule has 3 aromatic rings. The fraction of sp³-hybridized carbons (Fsp3) is 0.308. The SMILES string of the molecule is Nc1cccc(-c2ccc(CCN3CCC(NC(=O)Cc4ccc(F)cc4)CC3)cc2)n1. The van der Waals surface area contributed by atoms with Crippen LogP contribution in [0.3, 0.4) is 0 Å². The van der Waals surface area contributed by atoms with Gasteiger partial charge in [-0.1, -0.05) is 42.5 Å². The third-order valence-corrected chi connectivity index (χ3v) is 5.97. The molecule has 0 aliphatic carbocycles. The minimum atomic E-state index is -0.282. The second-order valence-corrected chi connectivity index (χ2v) is 8.38. The van der Waals surface area contributed by atoms with Crippen LogP contribution in [0.2, 0.25) is 0 Å². The third-order valence-electron chi connectivity index (χ3n) is 5.97. The Bertz CT molecular complexity index is 1030. The molecule has 1 aliphatic rings. The maximum absolute atomic E-state index is 13.0. The van der Waals surface area contributed by atoms with Crippen LogP contribution < -0.4 is 11.1 Å². The van der Waals surface area contributed by atoms with Crippen molar-refractivity contribution in [2.24, 2.45) is 0 Å². The average Bonchev–Trinajstić information content (AvgIpc) is 2.80. The maximum Gasteiger partial charge on any atom is 0.224 e. The predicted octanol–water partition coefficient (Wildman–Crippen LogP) is 3.84. The lowest BCUT2D eigenvalue weighted by Gasteiger charge is -2.32. The molecule has 4 rings (SSSR count). The highest BCUT2D eigenvalue weighted by molar-refractivity contribution is 5.78. The van der Waals surface area contributed by atoms with Crippen molar-refractivity contribution in [1.29, 1.82) is 0 Å². The fourth-order valence-corrected chi connectivity index (χ4v) is 4.11. The van der Waals surface area contributed by atoms with Crippen LogP contribution in [-0.2, 0) is 17.6 Å². The van der Waals surface area contributed by atoms with Gasteiger partial charge in [0.05, 0.1) is 12.1 Å². The van der Waals surface area contributed by atoms with Gasteiger partial charge in [0.2, 0.25) is 5.91 Å². The highest BCUT2D eigenvalue weighted by atomic mass is 19.1. The van der Waals surface area contributed by atoms with Gasteiger partial charge in [0.25, 0.3) is 0 Å². The van der Waals surface area contributed by atoms with E-state index >= 15 is 0 Å². The monoisotopic (exact) mass is 432 g/mol. The van der Waals surface area contributed by atoms with Crippen molar-refractivity contribution in [3.63, 3.8) is 0 Å². The van der Waals surface area contributed by atoms with Gasteiger partial charge in [-0.05, 0) is 54.7 Å². The zero-order valence-corrected chi connectivity index (χ0v) is 18.1. The van der Waals surface area contributed by atoms with E-state index in [1.54, 1.807) is 18.2 Å². The van der Waals surface area contributed by atoms with Gasteiger partial charge in [-0.25, -0.2) is 9.37 Å². The molecule has 0 unspecified atom stereocenters. The van der Waals surface area contributed by atoms with E-state index in [0.29, 0.717) is 12.2 Å². The molecule has 1 saturated heterocycles. The largest absolute Gasteiger partial charge is 0.384 e. The van der Waals surface area contributed by atoms with Gasteiger partial charge < -0.3 is 16.0 Å².